The van der Waals surface area contributed by atoms with Gasteiger partial charge in [0.15, 0.2) is 0 Å². The molecule has 0 aliphatic rings. The molecule has 0 aliphatic carbocycles. The van der Waals surface area contributed by atoms with Crippen molar-refractivity contribution in [2.45, 2.75) is 10.3 Å². The second kappa shape index (κ2) is 5.22. The van der Waals surface area contributed by atoms with Crippen LogP contribution in [-0.2, 0) is 0 Å². The predicted molar refractivity (Wildman–Crippen MR) is 61.4 cm³/mol. The van der Waals surface area contributed by atoms with Crippen LogP contribution in [0.15, 0.2) is 30.3 Å². The molecular weight excluding hydrogens is 242 g/mol. The van der Waals surface area contributed by atoms with Crippen LogP contribution in [0, 0.1) is 0 Å². The van der Waals surface area contributed by atoms with Gasteiger partial charge in [-0.3, -0.25) is 0 Å². The lowest BCUT2D eigenvalue weighted by Gasteiger charge is -2.26. The zero-order chi connectivity index (χ0) is 10.6. The molecule has 0 fully saturated rings. The van der Waals surface area contributed by atoms with E-state index in [-0.39, 0.29) is 18.4 Å². The maximum absolute atomic E-state index is 9.03. The van der Waals surface area contributed by atoms with Crippen molar-refractivity contribution in [1.29, 1.82) is 0 Å². The smallest absolute Gasteiger partial charge is 0.149 e. The Bertz CT molecular complexity index is 274. The first-order chi connectivity index (χ1) is 6.61. The molecule has 0 saturated heterocycles. The summed E-state index contributed by atoms with van der Waals surface area (Å²) in [5, 5.41) is 9.03. The Hall–Kier alpha value is 0.0500. The van der Waals surface area contributed by atoms with Gasteiger partial charge in [-0.25, -0.2) is 0 Å². The monoisotopic (exact) mass is 252 g/mol. The van der Waals surface area contributed by atoms with Gasteiger partial charge in [-0.1, -0.05) is 53.5 Å². The summed E-state index contributed by atoms with van der Waals surface area (Å²) < 4.78 is -1.22. The zero-order valence-electron chi connectivity index (χ0n) is 7.46. The van der Waals surface area contributed by atoms with Gasteiger partial charge < -0.3 is 5.11 Å². The number of aliphatic hydroxyl groups is 1. The van der Waals surface area contributed by atoms with Crippen LogP contribution in [0.4, 0.5) is 0 Å². The largest absolute Gasteiger partial charge is 0.393 e. The fourth-order valence-corrected chi connectivity index (χ4v) is 2.25. The highest BCUT2D eigenvalue weighted by Crippen LogP contribution is 2.38. The second-order valence-corrected chi connectivity index (χ2v) is 4.89. The Morgan fingerprint density at radius 3 is 2.21 bits per heavy atom. The van der Waals surface area contributed by atoms with Crippen LogP contribution >= 0.6 is 34.8 Å². The van der Waals surface area contributed by atoms with Gasteiger partial charge >= 0.3 is 0 Å². The standard InChI is InChI=1S/C10H11Cl3O/c11-6-9(10(12,13)7-14)8-4-2-1-3-5-8/h1-5,9,14H,6-7H2. The van der Waals surface area contributed by atoms with Crippen molar-refractivity contribution in [2.24, 2.45) is 0 Å². The summed E-state index contributed by atoms with van der Waals surface area (Å²) in [4.78, 5) is 0. The summed E-state index contributed by atoms with van der Waals surface area (Å²) in [5.41, 5.74) is 0.932. The Balaban J connectivity index is 2.93. The average Bonchev–Trinajstić information content (AvgIpc) is 2.20. The Labute approximate surface area is 98.6 Å². The maximum Gasteiger partial charge on any atom is 0.149 e. The van der Waals surface area contributed by atoms with Gasteiger partial charge in [0.2, 0.25) is 0 Å². The second-order valence-electron chi connectivity index (χ2n) is 3.04. The lowest BCUT2D eigenvalue weighted by atomic mass is 9.97. The third kappa shape index (κ3) is 2.77. The van der Waals surface area contributed by atoms with Crippen LogP contribution in [0.1, 0.15) is 11.5 Å². The molecule has 4 heteroatoms. The van der Waals surface area contributed by atoms with Gasteiger partial charge in [-0.2, -0.15) is 0 Å². The maximum atomic E-state index is 9.03. The van der Waals surface area contributed by atoms with E-state index < -0.39 is 4.33 Å². The molecule has 78 valence electrons. The van der Waals surface area contributed by atoms with Crippen molar-refractivity contribution in [3.8, 4) is 0 Å². The molecule has 1 aromatic carbocycles. The Morgan fingerprint density at radius 2 is 1.79 bits per heavy atom. The van der Waals surface area contributed by atoms with E-state index in [4.69, 9.17) is 39.9 Å². The van der Waals surface area contributed by atoms with E-state index in [1.807, 2.05) is 30.3 Å². The van der Waals surface area contributed by atoms with E-state index >= 15 is 0 Å². The summed E-state index contributed by atoms with van der Waals surface area (Å²) in [5.74, 6) is 0.0103. The molecule has 0 heterocycles. The molecule has 1 unspecified atom stereocenters. The number of hydrogen-bond acceptors (Lipinski definition) is 1. The van der Waals surface area contributed by atoms with E-state index in [0.29, 0.717) is 0 Å². The summed E-state index contributed by atoms with van der Waals surface area (Å²) in [6.07, 6.45) is 0. The number of aliphatic hydroxyl groups excluding tert-OH is 1. The van der Waals surface area contributed by atoms with Crippen molar-refractivity contribution in [3.05, 3.63) is 35.9 Å². The fraction of sp³-hybridized carbons (Fsp3) is 0.400. The third-order valence-corrected chi connectivity index (χ3v) is 3.15. The topological polar surface area (TPSA) is 20.2 Å². The van der Waals surface area contributed by atoms with Crippen molar-refractivity contribution in [2.75, 3.05) is 12.5 Å². The van der Waals surface area contributed by atoms with Crippen LogP contribution in [-0.4, -0.2) is 21.9 Å². The van der Waals surface area contributed by atoms with E-state index in [1.165, 1.54) is 0 Å². The van der Waals surface area contributed by atoms with Gasteiger partial charge in [-0.05, 0) is 5.56 Å². The molecule has 1 atom stereocenters. The Kier molecular flexibility index (Phi) is 4.52. The van der Waals surface area contributed by atoms with Crippen LogP contribution < -0.4 is 0 Å². The number of alkyl halides is 3. The summed E-state index contributed by atoms with van der Waals surface area (Å²) in [6.45, 7) is -0.317. The van der Waals surface area contributed by atoms with Gasteiger partial charge in [0, 0.05) is 11.8 Å². The van der Waals surface area contributed by atoms with E-state index in [1.54, 1.807) is 0 Å². The predicted octanol–water partition coefficient (Wildman–Crippen LogP) is 3.18. The van der Waals surface area contributed by atoms with Crippen molar-refractivity contribution < 1.29 is 5.11 Å². The normalized spacial score (nSPS) is 14.0. The van der Waals surface area contributed by atoms with Crippen LogP contribution in [0.25, 0.3) is 0 Å². The van der Waals surface area contributed by atoms with Crippen molar-refractivity contribution in [1.82, 2.24) is 0 Å². The molecule has 0 saturated carbocycles. The number of halogens is 3. The van der Waals surface area contributed by atoms with Crippen LogP contribution in [0.5, 0.6) is 0 Å². The lowest BCUT2D eigenvalue weighted by molar-refractivity contribution is 0.267. The molecule has 0 aliphatic heterocycles. The minimum Gasteiger partial charge on any atom is -0.393 e. The fourth-order valence-electron chi connectivity index (χ4n) is 1.24. The van der Waals surface area contributed by atoms with Gasteiger partial charge in [0.25, 0.3) is 0 Å². The van der Waals surface area contributed by atoms with Crippen LogP contribution in [0.3, 0.4) is 0 Å². The number of rotatable bonds is 4. The highest BCUT2D eigenvalue weighted by molar-refractivity contribution is 6.49. The van der Waals surface area contributed by atoms with Crippen LogP contribution in [0.2, 0.25) is 0 Å². The highest BCUT2D eigenvalue weighted by Gasteiger charge is 2.34. The first-order valence-electron chi connectivity index (χ1n) is 4.21. The highest BCUT2D eigenvalue weighted by atomic mass is 35.5. The van der Waals surface area contributed by atoms with Gasteiger partial charge in [0.05, 0.1) is 6.61 Å². The minimum atomic E-state index is -1.22. The SMILES string of the molecule is OCC(Cl)(Cl)C(CCl)c1ccccc1. The third-order valence-electron chi connectivity index (χ3n) is 2.08. The lowest BCUT2D eigenvalue weighted by Crippen LogP contribution is -2.29. The molecule has 1 nitrogen and oxygen atoms in total. The summed E-state index contributed by atoms with van der Waals surface area (Å²) >= 11 is 17.7. The summed E-state index contributed by atoms with van der Waals surface area (Å²) in [7, 11) is 0. The molecule has 1 N–H and O–H groups in total. The molecule has 0 bridgehead atoms. The number of benzene rings is 1. The molecule has 0 spiro atoms. The van der Waals surface area contributed by atoms with Gasteiger partial charge in [-0.15, -0.1) is 11.6 Å². The number of hydrogen-bond donors (Lipinski definition) is 1. The van der Waals surface area contributed by atoms with Crippen molar-refractivity contribution >= 4 is 34.8 Å². The van der Waals surface area contributed by atoms with Crippen molar-refractivity contribution in [3.63, 3.8) is 0 Å². The minimum absolute atomic E-state index is 0.265. The molecule has 1 rings (SSSR count). The summed E-state index contributed by atoms with van der Waals surface area (Å²) in [6, 6.07) is 9.45. The first-order valence-corrected chi connectivity index (χ1v) is 5.50. The molecule has 0 radical (unpaired) electrons. The molecule has 0 amide bonds. The Morgan fingerprint density at radius 1 is 1.21 bits per heavy atom. The van der Waals surface area contributed by atoms with Gasteiger partial charge in [0.1, 0.15) is 4.33 Å². The van der Waals surface area contributed by atoms with E-state index in [2.05, 4.69) is 0 Å². The zero-order valence-corrected chi connectivity index (χ0v) is 9.73. The van der Waals surface area contributed by atoms with E-state index in [9.17, 15) is 0 Å². The van der Waals surface area contributed by atoms with E-state index in [0.717, 1.165) is 5.56 Å². The average molecular weight is 254 g/mol. The quantitative estimate of drug-likeness (QED) is 0.817. The first kappa shape index (κ1) is 12.1. The molecule has 1 aromatic rings. The molecular formula is C10H11Cl3O. The molecule has 0 aromatic heterocycles. The molecule has 14 heavy (non-hydrogen) atoms.